The molecule has 0 atom stereocenters. The minimum atomic E-state index is -2.44. The standard InChI is InChI=1S/C4H4F2N2S/c5-3(6)2-1-8-4(7)9-2/h1,3H,(H2,7,8). The van der Waals surface area contributed by atoms with Crippen molar-refractivity contribution in [2.75, 3.05) is 5.73 Å². The van der Waals surface area contributed by atoms with Gasteiger partial charge in [-0.1, -0.05) is 11.3 Å². The molecule has 0 saturated carbocycles. The monoisotopic (exact) mass is 150 g/mol. The van der Waals surface area contributed by atoms with Crippen LogP contribution in [0.3, 0.4) is 0 Å². The number of anilines is 1. The molecule has 0 unspecified atom stereocenters. The summed E-state index contributed by atoms with van der Waals surface area (Å²) in [6, 6.07) is 0. The Labute approximate surface area is 54.3 Å². The Bertz CT molecular complexity index is 198. The average molecular weight is 150 g/mol. The summed E-state index contributed by atoms with van der Waals surface area (Å²) in [4.78, 5) is 3.38. The van der Waals surface area contributed by atoms with Crippen LogP contribution in [0.5, 0.6) is 0 Å². The number of nitrogen functional groups attached to an aromatic ring is 1. The van der Waals surface area contributed by atoms with E-state index in [1.165, 1.54) is 0 Å². The molecule has 0 amide bonds. The summed E-state index contributed by atoms with van der Waals surface area (Å²) >= 11 is 0.812. The summed E-state index contributed by atoms with van der Waals surface area (Å²) in [7, 11) is 0. The third-order valence-corrected chi connectivity index (χ3v) is 1.59. The van der Waals surface area contributed by atoms with E-state index in [0.29, 0.717) is 0 Å². The molecule has 1 aromatic rings. The molecule has 0 aliphatic heterocycles. The highest BCUT2D eigenvalue weighted by molar-refractivity contribution is 7.15. The van der Waals surface area contributed by atoms with Gasteiger partial charge in [0, 0.05) is 6.20 Å². The second-order valence-electron chi connectivity index (χ2n) is 1.40. The first-order valence-corrected chi connectivity index (χ1v) is 3.01. The van der Waals surface area contributed by atoms with Crippen molar-refractivity contribution in [1.29, 1.82) is 0 Å². The Kier molecular flexibility index (Phi) is 1.61. The fourth-order valence-electron chi connectivity index (χ4n) is 0.402. The van der Waals surface area contributed by atoms with Gasteiger partial charge in [-0.15, -0.1) is 0 Å². The quantitative estimate of drug-likeness (QED) is 0.661. The van der Waals surface area contributed by atoms with Crippen molar-refractivity contribution in [2.24, 2.45) is 0 Å². The van der Waals surface area contributed by atoms with Gasteiger partial charge >= 0.3 is 0 Å². The Hall–Kier alpha value is -0.710. The van der Waals surface area contributed by atoms with E-state index in [2.05, 4.69) is 4.98 Å². The van der Waals surface area contributed by atoms with Gasteiger partial charge in [0.2, 0.25) is 0 Å². The smallest absolute Gasteiger partial charge is 0.274 e. The second-order valence-corrected chi connectivity index (χ2v) is 2.50. The van der Waals surface area contributed by atoms with Gasteiger partial charge in [-0.2, -0.15) is 0 Å². The van der Waals surface area contributed by atoms with Crippen LogP contribution in [0.4, 0.5) is 13.9 Å². The Morgan fingerprint density at radius 1 is 1.67 bits per heavy atom. The number of hydrogen-bond acceptors (Lipinski definition) is 3. The van der Waals surface area contributed by atoms with Crippen molar-refractivity contribution in [3.05, 3.63) is 11.1 Å². The van der Waals surface area contributed by atoms with E-state index >= 15 is 0 Å². The van der Waals surface area contributed by atoms with E-state index in [-0.39, 0.29) is 10.0 Å². The Morgan fingerprint density at radius 2 is 2.33 bits per heavy atom. The third-order valence-electron chi connectivity index (χ3n) is 0.757. The molecule has 0 aromatic carbocycles. The highest BCUT2D eigenvalue weighted by Gasteiger charge is 2.09. The highest BCUT2D eigenvalue weighted by Crippen LogP contribution is 2.25. The maximum Gasteiger partial charge on any atom is 0.274 e. The summed E-state index contributed by atoms with van der Waals surface area (Å²) < 4.78 is 23.4. The van der Waals surface area contributed by atoms with Crippen LogP contribution in [0, 0.1) is 0 Å². The van der Waals surface area contributed by atoms with Crippen LogP contribution in [0.25, 0.3) is 0 Å². The van der Waals surface area contributed by atoms with E-state index in [9.17, 15) is 8.78 Å². The summed E-state index contributed by atoms with van der Waals surface area (Å²) in [5, 5.41) is 0.185. The first-order chi connectivity index (χ1) is 4.20. The molecular formula is C4H4F2N2S. The van der Waals surface area contributed by atoms with Crippen LogP contribution in [-0.4, -0.2) is 4.98 Å². The Morgan fingerprint density at radius 3 is 2.56 bits per heavy atom. The van der Waals surface area contributed by atoms with E-state index < -0.39 is 6.43 Å². The predicted molar refractivity (Wildman–Crippen MR) is 31.5 cm³/mol. The number of hydrogen-bond donors (Lipinski definition) is 1. The topological polar surface area (TPSA) is 38.9 Å². The fraction of sp³-hybridized carbons (Fsp3) is 0.250. The predicted octanol–water partition coefficient (Wildman–Crippen LogP) is 1.66. The van der Waals surface area contributed by atoms with Crippen molar-refractivity contribution >= 4 is 16.5 Å². The molecule has 0 aliphatic carbocycles. The molecular weight excluding hydrogens is 146 g/mol. The maximum absolute atomic E-state index is 11.7. The van der Waals surface area contributed by atoms with Gasteiger partial charge in [0.15, 0.2) is 5.13 Å². The molecule has 2 nitrogen and oxygen atoms in total. The minimum absolute atomic E-state index is 0.0764. The molecule has 5 heteroatoms. The van der Waals surface area contributed by atoms with Crippen LogP contribution in [0.2, 0.25) is 0 Å². The van der Waals surface area contributed by atoms with Gasteiger partial charge in [0.25, 0.3) is 6.43 Å². The molecule has 50 valence electrons. The summed E-state index contributed by atoms with van der Waals surface area (Å²) in [5.41, 5.74) is 5.09. The zero-order valence-electron chi connectivity index (χ0n) is 4.34. The van der Waals surface area contributed by atoms with Crippen molar-refractivity contribution in [1.82, 2.24) is 4.98 Å². The number of nitrogens with two attached hydrogens (primary N) is 1. The summed E-state index contributed by atoms with van der Waals surface area (Å²) in [5.74, 6) is 0. The molecule has 0 saturated heterocycles. The SMILES string of the molecule is Nc1ncc(C(F)F)s1. The third kappa shape index (κ3) is 1.35. The van der Waals surface area contributed by atoms with Gasteiger partial charge in [-0.25, -0.2) is 13.8 Å². The molecule has 1 aromatic heterocycles. The van der Waals surface area contributed by atoms with E-state index in [1.807, 2.05) is 0 Å². The van der Waals surface area contributed by atoms with Crippen LogP contribution >= 0.6 is 11.3 Å². The van der Waals surface area contributed by atoms with E-state index in [4.69, 9.17) is 5.73 Å². The van der Waals surface area contributed by atoms with Crippen molar-refractivity contribution in [3.63, 3.8) is 0 Å². The largest absolute Gasteiger partial charge is 0.375 e. The zero-order chi connectivity index (χ0) is 6.85. The lowest BCUT2D eigenvalue weighted by Crippen LogP contribution is -1.77. The lowest BCUT2D eigenvalue weighted by atomic mass is 10.6. The average Bonchev–Trinajstić information content (AvgIpc) is 2.14. The molecule has 0 bridgehead atoms. The van der Waals surface area contributed by atoms with Crippen LogP contribution < -0.4 is 5.73 Å². The van der Waals surface area contributed by atoms with Crippen molar-refractivity contribution < 1.29 is 8.78 Å². The molecule has 1 heterocycles. The molecule has 0 radical (unpaired) electrons. The normalized spacial score (nSPS) is 10.6. The van der Waals surface area contributed by atoms with Gasteiger partial charge < -0.3 is 5.73 Å². The number of halogens is 2. The highest BCUT2D eigenvalue weighted by atomic mass is 32.1. The number of alkyl halides is 2. The molecule has 1 rings (SSSR count). The molecule has 2 N–H and O–H groups in total. The molecule has 0 spiro atoms. The molecule has 0 aliphatic rings. The second kappa shape index (κ2) is 2.26. The zero-order valence-corrected chi connectivity index (χ0v) is 5.16. The number of aromatic nitrogens is 1. The van der Waals surface area contributed by atoms with Crippen LogP contribution in [0.15, 0.2) is 6.20 Å². The summed E-state index contributed by atoms with van der Waals surface area (Å²) in [6.45, 7) is 0. The number of rotatable bonds is 1. The van der Waals surface area contributed by atoms with Crippen LogP contribution in [0.1, 0.15) is 11.3 Å². The summed E-state index contributed by atoms with van der Waals surface area (Å²) in [6.07, 6.45) is -1.36. The van der Waals surface area contributed by atoms with Crippen molar-refractivity contribution in [2.45, 2.75) is 6.43 Å². The molecule has 0 fully saturated rings. The Balaban J connectivity index is 2.85. The van der Waals surface area contributed by atoms with E-state index in [1.54, 1.807) is 0 Å². The van der Waals surface area contributed by atoms with E-state index in [0.717, 1.165) is 17.5 Å². The van der Waals surface area contributed by atoms with Gasteiger partial charge in [0.05, 0.1) is 4.88 Å². The maximum atomic E-state index is 11.7. The minimum Gasteiger partial charge on any atom is -0.375 e. The lowest BCUT2D eigenvalue weighted by molar-refractivity contribution is 0.155. The fourth-order valence-corrected chi connectivity index (χ4v) is 0.943. The van der Waals surface area contributed by atoms with Gasteiger partial charge in [0.1, 0.15) is 0 Å². The molecule has 9 heavy (non-hydrogen) atoms. The number of nitrogens with zero attached hydrogens (tertiary/aromatic N) is 1. The van der Waals surface area contributed by atoms with Gasteiger partial charge in [-0.3, -0.25) is 0 Å². The first-order valence-electron chi connectivity index (χ1n) is 2.19. The van der Waals surface area contributed by atoms with Crippen molar-refractivity contribution in [3.8, 4) is 0 Å². The van der Waals surface area contributed by atoms with Gasteiger partial charge in [-0.05, 0) is 0 Å². The number of thiazole rings is 1. The first kappa shape index (κ1) is 6.41. The lowest BCUT2D eigenvalue weighted by Gasteiger charge is -1.86. The van der Waals surface area contributed by atoms with Crippen LogP contribution in [-0.2, 0) is 0 Å².